The first-order valence-electron chi connectivity index (χ1n) is 6.46. The van der Waals surface area contributed by atoms with Gasteiger partial charge in [0.1, 0.15) is 5.75 Å². The fourth-order valence-corrected chi connectivity index (χ4v) is 2.42. The van der Waals surface area contributed by atoms with Crippen LogP contribution >= 0.6 is 27.3 Å². The number of nitrogens with one attached hydrogen (secondary N) is 1. The Kier molecular flexibility index (Phi) is 6.42. The SMILES string of the molecule is O=C(COC(=O)COc1ccc(Br)cc1)NCc1cccs1. The van der Waals surface area contributed by atoms with Crippen LogP contribution in [-0.2, 0) is 20.9 Å². The van der Waals surface area contributed by atoms with Gasteiger partial charge in [0.2, 0.25) is 0 Å². The predicted octanol–water partition coefficient (Wildman–Crippen LogP) is 2.75. The van der Waals surface area contributed by atoms with Gasteiger partial charge in [-0.2, -0.15) is 0 Å². The zero-order chi connectivity index (χ0) is 15.8. The molecule has 0 aliphatic carbocycles. The molecule has 7 heteroatoms. The molecule has 116 valence electrons. The number of ether oxygens (including phenoxy) is 2. The molecule has 0 radical (unpaired) electrons. The maximum absolute atomic E-state index is 11.5. The quantitative estimate of drug-likeness (QED) is 0.746. The first-order valence-corrected chi connectivity index (χ1v) is 8.14. The number of esters is 1. The maximum Gasteiger partial charge on any atom is 0.344 e. The normalized spacial score (nSPS) is 10.0. The second-order valence-electron chi connectivity index (χ2n) is 4.26. The van der Waals surface area contributed by atoms with Crippen LogP contribution in [0.2, 0.25) is 0 Å². The highest BCUT2D eigenvalue weighted by atomic mass is 79.9. The fourth-order valence-electron chi connectivity index (χ4n) is 1.51. The molecule has 0 saturated carbocycles. The zero-order valence-electron chi connectivity index (χ0n) is 11.6. The van der Waals surface area contributed by atoms with Crippen molar-refractivity contribution >= 4 is 39.1 Å². The number of halogens is 1. The highest BCUT2D eigenvalue weighted by Gasteiger charge is 2.08. The fraction of sp³-hybridized carbons (Fsp3) is 0.200. The van der Waals surface area contributed by atoms with Crippen molar-refractivity contribution in [3.63, 3.8) is 0 Å². The van der Waals surface area contributed by atoms with E-state index in [9.17, 15) is 9.59 Å². The van der Waals surface area contributed by atoms with E-state index in [1.54, 1.807) is 35.6 Å². The molecule has 1 aromatic carbocycles. The van der Waals surface area contributed by atoms with Crippen molar-refractivity contribution in [1.29, 1.82) is 0 Å². The van der Waals surface area contributed by atoms with E-state index >= 15 is 0 Å². The Morgan fingerprint density at radius 2 is 1.91 bits per heavy atom. The monoisotopic (exact) mass is 383 g/mol. The van der Waals surface area contributed by atoms with Crippen LogP contribution in [0.4, 0.5) is 0 Å². The van der Waals surface area contributed by atoms with E-state index in [1.165, 1.54) is 0 Å². The van der Waals surface area contributed by atoms with Gasteiger partial charge in [-0.3, -0.25) is 4.79 Å². The maximum atomic E-state index is 11.5. The third kappa shape index (κ3) is 5.87. The summed E-state index contributed by atoms with van der Waals surface area (Å²) in [5, 5.41) is 4.60. The number of benzene rings is 1. The Hall–Kier alpha value is -1.86. The van der Waals surface area contributed by atoms with Crippen molar-refractivity contribution in [1.82, 2.24) is 5.32 Å². The van der Waals surface area contributed by atoms with Crippen LogP contribution in [0, 0.1) is 0 Å². The number of thiophene rings is 1. The average molecular weight is 384 g/mol. The standard InChI is InChI=1S/C15H14BrNO4S/c16-11-3-5-12(6-4-11)20-10-15(19)21-9-14(18)17-8-13-2-1-7-22-13/h1-7H,8-10H2,(H,17,18). The van der Waals surface area contributed by atoms with E-state index in [4.69, 9.17) is 9.47 Å². The molecule has 1 amide bonds. The number of hydrogen-bond donors (Lipinski definition) is 1. The number of amides is 1. The zero-order valence-corrected chi connectivity index (χ0v) is 14.0. The van der Waals surface area contributed by atoms with Crippen molar-refractivity contribution in [2.75, 3.05) is 13.2 Å². The van der Waals surface area contributed by atoms with Crippen LogP contribution < -0.4 is 10.1 Å². The van der Waals surface area contributed by atoms with Crippen LogP contribution in [0.15, 0.2) is 46.3 Å². The van der Waals surface area contributed by atoms with Crippen molar-refractivity contribution in [2.24, 2.45) is 0 Å². The summed E-state index contributed by atoms with van der Waals surface area (Å²) in [5.74, 6) is -0.373. The van der Waals surface area contributed by atoms with Crippen LogP contribution in [0.25, 0.3) is 0 Å². The molecular weight excluding hydrogens is 370 g/mol. The molecule has 1 heterocycles. The van der Waals surface area contributed by atoms with E-state index in [0.29, 0.717) is 12.3 Å². The molecule has 0 atom stereocenters. The lowest BCUT2D eigenvalue weighted by molar-refractivity contribution is -0.150. The molecule has 0 bridgehead atoms. The average Bonchev–Trinajstić information content (AvgIpc) is 3.04. The summed E-state index contributed by atoms with van der Waals surface area (Å²) in [6, 6.07) is 10.9. The molecule has 0 aliphatic rings. The minimum absolute atomic E-state index is 0.236. The molecule has 0 fully saturated rings. The van der Waals surface area contributed by atoms with Crippen LogP contribution in [0.1, 0.15) is 4.88 Å². The summed E-state index contributed by atoms with van der Waals surface area (Å²) < 4.78 is 11.0. The first kappa shape index (κ1) is 16.5. The van der Waals surface area contributed by atoms with Crippen molar-refractivity contribution in [3.05, 3.63) is 51.1 Å². The second-order valence-corrected chi connectivity index (χ2v) is 6.21. The number of hydrogen-bond acceptors (Lipinski definition) is 5. The summed E-state index contributed by atoms with van der Waals surface area (Å²) in [7, 11) is 0. The summed E-state index contributed by atoms with van der Waals surface area (Å²) >= 11 is 4.85. The summed E-state index contributed by atoms with van der Waals surface area (Å²) in [4.78, 5) is 24.1. The molecule has 0 saturated heterocycles. The van der Waals surface area contributed by atoms with Crippen LogP contribution in [0.5, 0.6) is 5.75 Å². The van der Waals surface area contributed by atoms with E-state index in [0.717, 1.165) is 9.35 Å². The highest BCUT2D eigenvalue weighted by Crippen LogP contribution is 2.15. The lowest BCUT2D eigenvalue weighted by Crippen LogP contribution is -2.29. The first-order chi connectivity index (χ1) is 10.6. The Labute approximate surface area is 140 Å². The minimum atomic E-state index is -0.589. The van der Waals surface area contributed by atoms with Gasteiger partial charge in [0, 0.05) is 9.35 Å². The van der Waals surface area contributed by atoms with E-state index in [2.05, 4.69) is 21.2 Å². The van der Waals surface area contributed by atoms with Gasteiger partial charge >= 0.3 is 5.97 Å². The molecule has 1 aromatic heterocycles. The van der Waals surface area contributed by atoms with Crippen molar-refractivity contribution in [3.8, 4) is 5.75 Å². The summed E-state index contributed by atoms with van der Waals surface area (Å²) in [6.45, 7) is -0.114. The Morgan fingerprint density at radius 1 is 1.14 bits per heavy atom. The third-order valence-corrected chi connectivity index (χ3v) is 3.98. The summed E-state index contributed by atoms with van der Waals surface area (Å²) in [6.07, 6.45) is 0. The van der Waals surface area contributed by atoms with Gasteiger partial charge in [0.05, 0.1) is 6.54 Å². The van der Waals surface area contributed by atoms with Gasteiger partial charge in [-0.15, -0.1) is 11.3 Å². The summed E-state index contributed by atoms with van der Waals surface area (Å²) in [5.41, 5.74) is 0. The molecule has 0 spiro atoms. The topological polar surface area (TPSA) is 64.6 Å². The third-order valence-electron chi connectivity index (χ3n) is 2.57. The molecule has 0 aliphatic heterocycles. The van der Waals surface area contributed by atoms with Gasteiger partial charge < -0.3 is 14.8 Å². The molecule has 2 rings (SSSR count). The lowest BCUT2D eigenvalue weighted by atomic mass is 10.3. The van der Waals surface area contributed by atoms with Crippen LogP contribution in [0.3, 0.4) is 0 Å². The smallest absolute Gasteiger partial charge is 0.344 e. The van der Waals surface area contributed by atoms with Gasteiger partial charge in [0.15, 0.2) is 13.2 Å². The molecule has 2 aromatic rings. The molecule has 22 heavy (non-hydrogen) atoms. The second kappa shape index (κ2) is 8.55. The Balaban J connectivity index is 1.62. The minimum Gasteiger partial charge on any atom is -0.482 e. The van der Waals surface area contributed by atoms with Crippen LogP contribution in [-0.4, -0.2) is 25.1 Å². The predicted molar refractivity (Wildman–Crippen MR) is 86.8 cm³/mol. The van der Waals surface area contributed by atoms with Gasteiger partial charge in [-0.25, -0.2) is 4.79 Å². The molecule has 5 nitrogen and oxygen atoms in total. The lowest BCUT2D eigenvalue weighted by Gasteiger charge is -2.07. The molecule has 1 N–H and O–H groups in total. The molecule has 0 unspecified atom stereocenters. The Morgan fingerprint density at radius 3 is 2.59 bits per heavy atom. The van der Waals surface area contributed by atoms with E-state index in [-0.39, 0.29) is 19.1 Å². The van der Waals surface area contributed by atoms with Gasteiger partial charge in [-0.05, 0) is 35.7 Å². The highest BCUT2D eigenvalue weighted by molar-refractivity contribution is 9.10. The van der Waals surface area contributed by atoms with Gasteiger partial charge in [0.25, 0.3) is 5.91 Å². The largest absolute Gasteiger partial charge is 0.482 e. The Bertz CT molecular complexity index is 613. The van der Waals surface area contributed by atoms with Gasteiger partial charge in [-0.1, -0.05) is 22.0 Å². The number of carbonyl (C=O) groups excluding carboxylic acids is 2. The number of carbonyl (C=O) groups is 2. The molecular formula is C15H14BrNO4S. The van der Waals surface area contributed by atoms with Crippen molar-refractivity contribution < 1.29 is 19.1 Å². The van der Waals surface area contributed by atoms with E-state index < -0.39 is 5.97 Å². The van der Waals surface area contributed by atoms with E-state index in [1.807, 2.05) is 17.5 Å². The van der Waals surface area contributed by atoms with Crippen molar-refractivity contribution in [2.45, 2.75) is 6.54 Å². The number of rotatable bonds is 7.